The van der Waals surface area contributed by atoms with Gasteiger partial charge in [0.1, 0.15) is 15.9 Å². The second kappa shape index (κ2) is 8.05. The summed E-state index contributed by atoms with van der Waals surface area (Å²) >= 11 is 1.45. The molecule has 2 aromatic rings. The average Bonchev–Trinajstić information content (AvgIpc) is 3.28. The first kappa shape index (κ1) is 18.0. The molecule has 1 N–H and O–H groups in total. The van der Waals surface area contributed by atoms with Gasteiger partial charge in [-0.15, -0.1) is 11.3 Å². The van der Waals surface area contributed by atoms with E-state index in [1.165, 1.54) is 24.2 Å². The minimum absolute atomic E-state index is 0.152. The number of thiazole rings is 1. The quantitative estimate of drug-likeness (QED) is 0.814. The smallest absolute Gasteiger partial charge is 0.263 e. The summed E-state index contributed by atoms with van der Waals surface area (Å²) in [6.45, 7) is 9.12. The minimum Gasteiger partial charge on any atom is -0.340 e. The van der Waals surface area contributed by atoms with Gasteiger partial charge in [0.15, 0.2) is 5.82 Å². The van der Waals surface area contributed by atoms with Crippen molar-refractivity contribution in [3.8, 4) is 0 Å². The van der Waals surface area contributed by atoms with Gasteiger partial charge in [-0.25, -0.2) is 4.98 Å². The number of hydrogen-bond acceptors (Lipinski definition) is 7. The molecule has 25 heavy (non-hydrogen) atoms. The van der Waals surface area contributed by atoms with E-state index in [0.29, 0.717) is 22.5 Å². The second-order valence-corrected chi connectivity index (χ2v) is 8.06. The third kappa shape index (κ3) is 4.85. The first-order chi connectivity index (χ1) is 12.0. The normalized spacial score (nSPS) is 16.5. The van der Waals surface area contributed by atoms with E-state index in [-0.39, 0.29) is 11.9 Å². The van der Waals surface area contributed by atoms with Crippen molar-refractivity contribution in [3.63, 3.8) is 0 Å². The molecular weight excluding hydrogens is 338 g/mol. The molecule has 1 aliphatic rings. The number of nitrogens with zero attached hydrogens (tertiary/aromatic N) is 4. The highest BCUT2D eigenvalue weighted by atomic mass is 32.1. The standard InChI is InChI=1S/C17H25N5O2S/c1-11(2)8-14-20-17(24-21-14)12(3)19-16(23)13-9-18-15(25-13)10-22-6-4-5-7-22/h9,11-12H,4-8,10H2,1-3H3,(H,19,23)/t12-/m1/s1. The van der Waals surface area contributed by atoms with Gasteiger partial charge in [-0.05, 0) is 38.8 Å². The van der Waals surface area contributed by atoms with E-state index >= 15 is 0 Å². The second-order valence-electron chi connectivity index (χ2n) is 6.94. The van der Waals surface area contributed by atoms with Crippen molar-refractivity contribution in [2.75, 3.05) is 13.1 Å². The zero-order valence-corrected chi connectivity index (χ0v) is 15.8. The van der Waals surface area contributed by atoms with Crippen LogP contribution in [0.1, 0.15) is 66.0 Å². The Labute approximate surface area is 151 Å². The Kier molecular flexibility index (Phi) is 5.80. The fraction of sp³-hybridized carbons (Fsp3) is 0.647. The number of hydrogen-bond donors (Lipinski definition) is 1. The SMILES string of the molecule is CC(C)Cc1noc([C@@H](C)NC(=O)c2cnc(CN3CCCC3)s2)n1. The van der Waals surface area contributed by atoms with E-state index in [4.69, 9.17) is 4.52 Å². The Morgan fingerprint density at radius 1 is 1.36 bits per heavy atom. The third-order valence-corrected chi connectivity index (χ3v) is 5.11. The Bertz CT molecular complexity index is 705. The van der Waals surface area contributed by atoms with Crippen molar-refractivity contribution in [3.05, 3.63) is 27.8 Å². The Morgan fingerprint density at radius 3 is 2.84 bits per heavy atom. The van der Waals surface area contributed by atoms with Crippen LogP contribution in [-0.4, -0.2) is 39.0 Å². The van der Waals surface area contributed by atoms with Crippen molar-refractivity contribution in [1.29, 1.82) is 0 Å². The molecule has 8 heteroatoms. The molecule has 0 aliphatic carbocycles. The average molecular weight is 363 g/mol. The van der Waals surface area contributed by atoms with Gasteiger partial charge in [-0.1, -0.05) is 19.0 Å². The molecule has 136 valence electrons. The third-order valence-electron chi connectivity index (χ3n) is 4.13. The topological polar surface area (TPSA) is 84.2 Å². The summed E-state index contributed by atoms with van der Waals surface area (Å²) in [5.74, 6) is 1.42. The van der Waals surface area contributed by atoms with Crippen LogP contribution in [0.25, 0.3) is 0 Å². The van der Waals surface area contributed by atoms with Crippen molar-refractivity contribution in [1.82, 2.24) is 25.3 Å². The van der Waals surface area contributed by atoms with E-state index in [9.17, 15) is 4.79 Å². The Balaban J connectivity index is 1.56. The Morgan fingerprint density at radius 2 is 2.12 bits per heavy atom. The maximum Gasteiger partial charge on any atom is 0.263 e. The van der Waals surface area contributed by atoms with E-state index < -0.39 is 0 Å². The predicted molar refractivity (Wildman–Crippen MR) is 95.3 cm³/mol. The molecular formula is C17H25N5O2S. The van der Waals surface area contributed by atoms with Crippen molar-refractivity contribution < 1.29 is 9.32 Å². The van der Waals surface area contributed by atoms with Gasteiger partial charge >= 0.3 is 0 Å². The Hall–Kier alpha value is -1.80. The zero-order valence-electron chi connectivity index (χ0n) is 15.0. The molecule has 0 aromatic carbocycles. The summed E-state index contributed by atoms with van der Waals surface area (Å²) in [4.78, 5) is 24.1. The van der Waals surface area contributed by atoms with Crippen LogP contribution in [0.2, 0.25) is 0 Å². The number of nitrogens with one attached hydrogen (secondary N) is 1. The minimum atomic E-state index is -0.329. The number of rotatable bonds is 7. The fourth-order valence-electron chi connectivity index (χ4n) is 2.84. The lowest BCUT2D eigenvalue weighted by atomic mass is 10.1. The highest BCUT2D eigenvalue weighted by Gasteiger charge is 2.20. The van der Waals surface area contributed by atoms with Crippen molar-refractivity contribution in [2.45, 2.75) is 52.6 Å². The largest absolute Gasteiger partial charge is 0.340 e. The van der Waals surface area contributed by atoms with E-state index in [2.05, 4.69) is 39.2 Å². The molecule has 0 unspecified atom stereocenters. The maximum absolute atomic E-state index is 12.4. The fourth-order valence-corrected chi connectivity index (χ4v) is 3.70. The van der Waals surface area contributed by atoms with Crippen LogP contribution < -0.4 is 5.32 Å². The molecule has 1 atom stereocenters. The van der Waals surface area contributed by atoms with E-state index in [0.717, 1.165) is 31.1 Å². The number of aromatic nitrogens is 3. The summed E-state index contributed by atoms with van der Waals surface area (Å²) in [6, 6.07) is -0.329. The molecule has 0 radical (unpaired) electrons. The van der Waals surface area contributed by atoms with Gasteiger partial charge in [0, 0.05) is 6.42 Å². The highest BCUT2D eigenvalue weighted by molar-refractivity contribution is 7.13. The molecule has 7 nitrogen and oxygen atoms in total. The van der Waals surface area contributed by atoms with Crippen LogP contribution >= 0.6 is 11.3 Å². The van der Waals surface area contributed by atoms with Gasteiger partial charge in [0.25, 0.3) is 5.91 Å². The number of amides is 1. The van der Waals surface area contributed by atoms with Crippen LogP contribution in [0.3, 0.4) is 0 Å². The molecule has 0 bridgehead atoms. The van der Waals surface area contributed by atoms with Crippen molar-refractivity contribution in [2.24, 2.45) is 5.92 Å². The number of likely N-dealkylation sites (tertiary alicyclic amines) is 1. The lowest BCUT2D eigenvalue weighted by Crippen LogP contribution is -2.26. The first-order valence-corrected chi connectivity index (χ1v) is 9.63. The molecule has 0 saturated carbocycles. The van der Waals surface area contributed by atoms with Gasteiger partial charge in [-0.2, -0.15) is 4.98 Å². The maximum atomic E-state index is 12.4. The first-order valence-electron chi connectivity index (χ1n) is 8.81. The van der Waals surface area contributed by atoms with Crippen LogP contribution in [0.15, 0.2) is 10.7 Å². The van der Waals surface area contributed by atoms with Crippen molar-refractivity contribution >= 4 is 17.2 Å². The lowest BCUT2D eigenvalue weighted by Gasteiger charge is -2.11. The summed E-state index contributed by atoms with van der Waals surface area (Å²) in [6.07, 6.45) is 4.91. The summed E-state index contributed by atoms with van der Waals surface area (Å²) < 4.78 is 5.26. The van der Waals surface area contributed by atoms with E-state index in [1.807, 2.05) is 6.92 Å². The van der Waals surface area contributed by atoms with Gasteiger partial charge < -0.3 is 9.84 Å². The summed E-state index contributed by atoms with van der Waals surface area (Å²) in [5, 5.41) is 7.86. The van der Waals surface area contributed by atoms with Crippen LogP contribution in [0.5, 0.6) is 0 Å². The highest BCUT2D eigenvalue weighted by Crippen LogP contribution is 2.19. The van der Waals surface area contributed by atoms with E-state index in [1.54, 1.807) is 6.20 Å². The summed E-state index contributed by atoms with van der Waals surface area (Å²) in [5.41, 5.74) is 0. The molecule has 1 amide bonds. The van der Waals surface area contributed by atoms with Crippen LogP contribution in [-0.2, 0) is 13.0 Å². The van der Waals surface area contributed by atoms with Gasteiger partial charge in [0.2, 0.25) is 5.89 Å². The van der Waals surface area contributed by atoms with Gasteiger partial charge in [-0.3, -0.25) is 9.69 Å². The molecule has 1 aliphatic heterocycles. The van der Waals surface area contributed by atoms with Crippen LogP contribution in [0, 0.1) is 5.92 Å². The predicted octanol–water partition coefficient (Wildman–Crippen LogP) is 2.81. The molecule has 3 rings (SSSR count). The molecule has 1 fully saturated rings. The van der Waals surface area contributed by atoms with Gasteiger partial charge in [0.05, 0.1) is 12.7 Å². The summed E-state index contributed by atoms with van der Waals surface area (Å²) in [7, 11) is 0. The lowest BCUT2D eigenvalue weighted by molar-refractivity contribution is 0.0936. The molecule has 3 heterocycles. The molecule has 0 spiro atoms. The number of carbonyl (C=O) groups excluding carboxylic acids is 1. The van der Waals surface area contributed by atoms with Crippen LogP contribution in [0.4, 0.5) is 0 Å². The molecule has 2 aromatic heterocycles. The zero-order chi connectivity index (χ0) is 17.8. The monoisotopic (exact) mass is 363 g/mol. The number of carbonyl (C=O) groups is 1. The molecule has 1 saturated heterocycles.